The Balaban J connectivity index is 1.65. The van der Waals surface area contributed by atoms with E-state index in [0.717, 1.165) is 31.6 Å². The van der Waals surface area contributed by atoms with Crippen LogP contribution in [-0.2, 0) is 0 Å². The quantitative estimate of drug-likeness (QED) is 0.866. The van der Waals surface area contributed by atoms with E-state index in [9.17, 15) is 4.89 Å². The van der Waals surface area contributed by atoms with Crippen molar-refractivity contribution in [2.75, 3.05) is 17.8 Å². The zero-order valence-electron chi connectivity index (χ0n) is 14.0. The zero-order chi connectivity index (χ0) is 16.6. The minimum Gasteiger partial charge on any atom is -0.632 e. The molecule has 2 fully saturated rings. The van der Waals surface area contributed by atoms with Gasteiger partial charge in [-0.2, -0.15) is 5.09 Å². The first kappa shape index (κ1) is 16.0. The second-order valence-electron chi connectivity index (χ2n) is 6.68. The summed E-state index contributed by atoms with van der Waals surface area (Å²) in [4.78, 5) is 14.1. The molecule has 4 rings (SSSR count). The summed E-state index contributed by atoms with van der Waals surface area (Å²) >= 11 is 0. The number of para-hydroxylation sites is 1. The maximum atomic E-state index is 14.1. The fraction of sp³-hybridized carbons (Fsp3) is 0.368. The third kappa shape index (κ3) is 2.74. The molecule has 2 aromatic rings. The average Bonchev–Trinajstić information content (AvgIpc) is 3.19. The summed E-state index contributed by atoms with van der Waals surface area (Å²) in [6, 6.07) is 20.9. The second kappa shape index (κ2) is 6.45. The maximum Gasteiger partial charge on any atom is 0.207 e. The van der Waals surface area contributed by atoms with Gasteiger partial charge >= 0.3 is 0 Å². The van der Waals surface area contributed by atoms with Gasteiger partial charge in [0, 0.05) is 6.54 Å². The molecule has 0 radical (unpaired) electrons. The molecule has 4 nitrogen and oxygen atoms in total. The summed E-state index contributed by atoms with van der Waals surface area (Å²) in [6.45, 7) is 3.86. The van der Waals surface area contributed by atoms with Gasteiger partial charge in [0.1, 0.15) is 0 Å². The lowest BCUT2D eigenvalue weighted by Gasteiger charge is -2.41. The Kier molecular flexibility index (Phi) is 4.31. The van der Waals surface area contributed by atoms with Gasteiger partial charge in [-0.05, 0) is 37.5 Å². The molecule has 0 aromatic heterocycles. The number of nitrogens with one attached hydrogen (secondary N) is 1. The van der Waals surface area contributed by atoms with Crippen molar-refractivity contribution in [2.24, 2.45) is 0 Å². The van der Waals surface area contributed by atoms with Crippen LogP contribution in [0.2, 0.25) is 0 Å². The summed E-state index contributed by atoms with van der Waals surface area (Å²) in [6.07, 6.45) is 2.27. The van der Waals surface area contributed by atoms with Crippen LogP contribution in [0.3, 0.4) is 0 Å². The number of hydrogen-bond donors (Lipinski definition) is 1. The molecule has 0 spiro atoms. The first-order valence-corrected chi connectivity index (χ1v) is 10.3. The van der Waals surface area contributed by atoms with E-state index in [1.807, 2.05) is 36.4 Å². The highest BCUT2D eigenvalue weighted by molar-refractivity contribution is 7.66. The van der Waals surface area contributed by atoms with E-state index >= 15 is 0 Å². The first-order valence-electron chi connectivity index (χ1n) is 8.71. The topological polar surface area (TPSA) is 41.6 Å². The van der Waals surface area contributed by atoms with E-state index in [0.29, 0.717) is 6.04 Å². The van der Waals surface area contributed by atoms with Crippen molar-refractivity contribution in [2.45, 2.75) is 31.8 Å². The lowest BCUT2D eigenvalue weighted by atomic mass is 10.1. The standard InChI is InChI=1S/C19H24N3OP/c1-16(17-9-4-2-5-10-17)20-24(23)21-14-8-13-19(21)15-22(24)18-11-6-3-7-12-18/h2-7,9-12,16,19H,8,13-15H2,1H3,(H,20,23)/t16-,19+,24?/m1/s1. The van der Waals surface area contributed by atoms with E-state index in [1.165, 1.54) is 5.56 Å². The Labute approximate surface area is 144 Å². The highest BCUT2D eigenvalue weighted by Gasteiger charge is 2.55. The predicted octanol–water partition coefficient (Wildman–Crippen LogP) is 3.36. The fourth-order valence-electron chi connectivity index (χ4n) is 3.89. The third-order valence-electron chi connectivity index (χ3n) is 5.12. The Hall–Kier alpha value is -1.45. The van der Waals surface area contributed by atoms with E-state index in [2.05, 4.69) is 45.6 Å². The molecule has 5 heteroatoms. The van der Waals surface area contributed by atoms with E-state index in [1.54, 1.807) is 0 Å². The number of rotatable bonds is 4. The monoisotopic (exact) mass is 341 g/mol. The van der Waals surface area contributed by atoms with Crippen molar-refractivity contribution in [1.29, 1.82) is 0 Å². The van der Waals surface area contributed by atoms with Gasteiger partial charge in [-0.15, -0.1) is 4.67 Å². The van der Waals surface area contributed by atoms with Crippen LogP contribution in [0.25, 0.3) is 0 Å². The highest BCUT2D eigenvalue weighted by atomic mass is 31.2. The van der Waals surface area contributed by atoms with E-state index < -0.39 is 7.94 Å². The number of fused-ring (bicyclic) bond motifs is 1. The van der Waals surface area contributed by atoms with Crippen LogP contribution in [0.1, 0.15) is 31.4 Å². The minimum absolute atomic E-state index is 0.0441. The summed E-state index contributed by atoms with van der Waals surface area (Å²) in [5.74, 6) is 0. The van der Waals surface area contributed by atoms with Crippen molar-refractivity contribution in [3.05, 3.63) is 66.2 Å². The molecule has 2 aromatic carbocycles. The second-order valence-corrected chi connectivity index (χ2v) is 9.03. The average molecular weight is 341 g/mol. The molecule has 0 bridgehead atoms. The van der Waals surface area contributed by atoms with Crippen molar-refractivity contribution < 1.29 is 4.89 Å². The molecule has 2 aliphatic heterocycles. The molecule has 0 aliphatic carbocycles. The summed E-state index contributed by atoms with van der Waals surface area (Å²) in [5, 5.41) is 3.50. The fourth-order valence-corrected chi connectivity index (χ4v) is 7.00. The van der Waals surface area contributed by atoms with Gasteiger partial charge in [0.05, 0.1) is 24.3 Å². The van der Waals surface area contributed by atoms with Crippen LogP contribution in [0.5, 0.6) is 0 Å². The lowest BCUT2D eigenvalue weighted by Crippen LogP contribution is -2.43. The lowest BCUT2D eigenvalue weighted by molar-refractivity contribution is -0.184. The Morgan fingerprint density at radius 2 is 1.75 bits per heavy atom. The third-order valence-corrected chi connectivity index (χ3v) is 8.12. The Morgan fingerprint density at radius 3 is 2.46 bits per heavy atom. The van der Waals surface area contributed by atoms with Gasteiger partial charge < -0.3 is 4.89 Å². The number of benzene rings is 2. The summed E-state index contributed by atoms with van der Waals surface area (Å²) < 4.78 is 4.33. The molecule has 0 saturated carbocycles. The molecule has 3 atom stereocenters. The van der Waals surface area contributed by atoms with E-state index in [-0.39, 0.29) is 6.04 Å². The van der Waals surface area contributed by atoms with Gasteiger partial charge in [0.25, 0.3) is 0 Å². The highest BCUT2D eigenvalue weighted by Crippen LogP contribution is 2.63. The van der Waals surface area contributed by atoms with Crippen molar-refractivity contribution in [3.63, 3.8) is 0 Å². The Bertz CT molecular complexity index is 684. The molecular weight excluding hydrogens is 317 g/mol. The molecule has 24 heavy (non-hydrogen) atoms. The van der Waals surface area contributed by atoms with Gasteiger partial charge in [0.15, 0.2) is 0 Å². The van der Waals surface area contributed by atoms with Gasteiger partial charge in [0.2, 0.25) is 7.94 Å². The van der Waals surface area contributed by atoms with Crippen LogP contribution >= 0.6 is 7.94 Å². The van der Waals surface area contributed by atoms with Crippen LogP contribution in [-0.4, -0.2) is 23.8 Å². The minimum atomic E-state index is -2.81. The number of anilines is 1. The number of nitrogens with zero attached hydrogens (tertiary/aromatic N) is 2. The van der Waals surface area contributed by atoms with Crippen molar-refractivity contribution in [1.82, 2.24) is 9.76 Å². The smallest absolute Gasteiger partial charge is 0.207 e. The van der Waals surface area contributed by atoms with Gasteiger partial charge in [-0.25, -0.2) is 4.67 Å². The largest absolute Gasteiger partial charge is 0.632 e. The van der Waals surface area contributed by atoms with Crippen LogP contribution < -0.4 is 14.7 Å². The summed E-state index contributed by atoms with van der Waals surface area (Å²) in [5.41, 5.74) is 2.21. The number of hydrogen-bond acceptors (Lipinski definition) is 4. The van der Waals surface area contributed by atoms with Gasteiger partial charge in [-0.1, -0.05) is 48.5 Å². The first-order chi connectivity index (χ1) is 11.7. The summed E-state index contributed by atoms with van der Waals surface area (Å²) in [7, 11) is -2.81. The SMILES string of the molecule is C[C@@H](N[P+]1([O-])N(c2ccccc2)C[C@@H]2CCCN21)c1ccccc1. The molecule has 1 unspecified atom stereocenters. The van der Waals surface area contributed by atoms with Crippen LogP contribution in [0.15, 0.2) is 60.7 Å². The molecule has 126 valence electrons. The van der Waals surface area contributed by atoms with Gasteiger partial charge in [-0.3, -0.25) is 0 Å². The normalized spacial score (nSPS) is 28.1. The van der Waals surface area contributed by atoms with Crippen molar-refractivity contribution in [3.8, 4) is 0 Å². The predicted molar refractivity (Wildman–Crippen MR) is 98.4 cm³/mol. The van der Waals surface area contributed by atoms with Crippen LogP contribution in [0.4, 0.5) is 5.69 Å². The van der Waals surface area contributed by atoms with E-state index in [4.69, 9.17) is 0 Å². The molecule has 1 N–H and O–H groups in total. The Morgan fingerprint density at radius 1 is 1.08 bits per heavy atom. The van der Waals surface area contributed by atoms with Crippen molar-refractivity contribution >= 4 is 13.6 Å². The van der Waals surface area contributed by atoms with Crippen LogP contribution in [0, 0.1) is 0 Å². The molecule has 2 saturated heterocycles. The molecule has 2 aliphatic rings. The molecule has 2 heterocycles. The molecule has 0 amide bonds. The maximum absolute atomic E-state index is 14.1. The zero-order valence-corrected chi connectivity index (χ0v) is 14.9. The molecular formula is C19H24N3OP.